The van der Waals surface area contributed by atoms with E-state index in [2.05, 4.69) is 0 Å². The van der Waals surface area contributed by atoms with Crippen molar-refractivity contribution < 1.29 is 13.2 Å². The Kier molecular flexibility index (Phi) is 4.80. The number of benzene rings is 1. The lowest BCUT2D eigenvalue weighted by Gasteiger charge is -2.39. The van der Waals surface area contributed by atoms with E-state index in [1.165, 1.54) is 12.2 Å². The van der Waals surface area contributed by atoms with Gasteiger partial charge in [-0.3, -0.25) is 0 Å². The third-order valence-electron chi connectivity index (χ3n) is 4.85. The van der Waals surface area contributed by atoms with Gasteiger partial charge in [0.15, 0.2) is 0 Å². The standard InChI is InChI=1S/C22H22F3N/c1-20(26)15-8-13-19(14-16-20)21(22(23,24)25,17-9-4-2-5-10-17)18-11-6-3-7-12-18/h2,4-6,8-16H,3,7,26H2,1H3/t20?,21-/m0/s1. The maximum atomic E-state index is 14.8. The van der Waals surface area contributed by atoms with Crippen LogP contribution in [0.5, 0.6) is 0 Å². The zero-order valence-electron chi connectivity index (χ0n) is 14.6. The number of hydrogen-bond donors (Lipinski definition) is 1. The van der Waals surface area contributed by atoms with Gasteiger partial charge in [-0.25, -0.2) is 0 Å². The number of hydrogen-bond acceptors (Lipinski definition) is 1. The zero-order valence-corrected chi connectivity index (χ0v) is 14.6. The maximum Gasteiger partial charge on any atom is 0.406 e. The van der Waals surface area contributed by atoms with Gasteiger partial charge in [0, 0.05) is 0 Å². The van der Waals surface area contributed by atoms with Gasteiger partial charge in [-0.1, -0.05) is 78.9 Å². The van der Waals surface area contributed by atoms with Crippen LogP contribution in [0.1, 0.15) is 25.3 Å². The van der Waals surface area contributed by atoms with Crippen LogP contribution in [-0.4, -0.2) is 11.7 Å². The van der Waals surface area contributed by atoms with Crippen molar-refractivity contribution in [2.45, 2.75) is 36.9 Å². The molecule has 0 saturated carbocycles. The Morgan fingerprint density at radius 2 is 1.69 bits per heavy atom. The lowest BCUT2D eigenvalue weighted by Crippen LogP contribution is -2.45. The summed E-state index contributed by atoms with van der Waals surface area (Å²) in [5.41, 5.74) is 3.70. The van der Waals surface area contributed by atoms with E-state index in [4.69, 9.17) is 5.73 Å². The molecule has 2 N–H and O–H groups in total. The first-order chi connectivity index (χ1) is 12.3. The van der Waals surface area contributed by atoms with Crippen molar-refractivity contribution in [2.24, 2.45) is 5.73 Å². The number of rotatable bonds is 3. The minimum absolute atomic E-state index is 0.166. The van der Waals surface area contributed by atoms with Crippen molar-refractivity contribution in [3.05, 3.63) is 95.6 Å². The highest BCUT2D eigenvalue weighted by Crippen LogP contribution is 2.53. The second-order valence-corrected chi connectivity index (χ2v) is 6.93. The number of nitrogens with two attached hydrogens (primary N) is 1. The van der Waals surface area contributed by atoms with E-state index >= 15 is 0 Å². The summed E-state index contributed by atoms with van der Waals surface area (Å²) in [6, 6.07) is 8.10. The zero-order chi connectivity index (χ0) is 18.8. The molecule has 4 heteroatoms. The van der Waals surface area contributed by atoms with E-state index in [9.17, 15) is 13.2 Å². The third-order valence-corrected chi connectivity index (χ3v) is 4.85. The van der Waals surface area contributed by atoms with E-state index < -0.39 is 17.1 Å². The highest BCUT2D eigenvalue weighted by molar-refractivity contribution is 5.58. The third kappa shape index (κ3) is 3.21. The summed E-state index contributed by atoms with van der Waals surface area (Å²) >= 11 is 0. The van der Waals surface area contributed by atoms with Crippen LogP contribution in [0.4, 0.5) is 13.2 Å². The topological polar surface area (TPSA) is 26.0 Å². The molecule has 3 rings (SSSR count). The Morgan fingerprint density at radius 1 is 0.962 bits per heavy atom. The molecule has 2 aliphatic carbocycles. The van der Waals surface area contributed by atoms with Gasteiger partial charge >= 0.3 is 6.18 Å². The average molecular weight is 357 g/mol. The monoisotopic (exact) mass is 357 g/mol. The van der Waals surface area contributed by atoms with Crippen LogP contribution in [0, 0.1) is 0 Å². The Balaban J connectivity index is 2.32. The summed E-state index contributed by atoms with van der Waals surface area (Å²) in [4.78, 5) is 0. The lowest BCUT2D eigenvalue weighted by molar-refractivity contribution is -0.167. The van der Waals surface area contributed by atoms with E-state index in [1.54, 1.807) is 67.6 Å². The normalized spacial score (nSPS) is 25.3. The molecule has 0 radical (unpaired) electrons. The van der Waals surface area contributed by atoms with Gasteiger partial charge in [-0.05, 0) is 36.5 Å². The molecule has 1 unspecified atom stereocenters. The van der Waals surface area contributed by atoms with Crippen molar-refractivity contribution in [3.63, 3.8) is 0 Å². The van der Waals surface area contributed by atoms with E-state index in [1.807, 2.05) is 6.08 Å². The van der Waals surface area contributed by atoms with Crippen LogP contribution in [0.25, 0.3) is 0 Å². The molecular weight excluding hydrogens is 335 g/mol. The van der Waals surface area contributed by atoms with E-state index in [0.29, 0.717) is 6.42 Å². The fourth-order valence-electron chi connectivity index (χ4n) is 3.56. The summed E-state index contributed by atoms with van der Waals surface area (Å²) in [6.07, 6.45) is 9.94. The smallest absolute Gasteiger partial charge is 0.319 e. The van der Waals surface area contributed by atoms with Crippen LogP contribution >= 0.6 is 0 Å². The number of allylic oxidation sites excluding steroid dienone is 8. The summed E-state index contributed by atoms with van der Waals surface area (Å²) in [5, 5.41) is 0. The molecule has 0 aliphatic heterocycles. The molecule has 0 bridgehead atoms. The molecule has 1 nitrogen and oxygen atoms in total. The number of halogens is 3. The van der Waals surface area contributed by atoms with Crippen LogP contribution in [0.3, 0.4) is 0 Å². The molecule has 0 saturated heterocycles. The molecule has 26 heavy (non-hydrogen) atoms. The molecule has 0 fully saturated rings. The fraction of sp³-hybridized carbons (Fsp3) is 0.273. The largest absolute Gasteiger partial charge is 0.406 e. The quantitative estimate of drug-likeness (QED) is 0.756. The van der Waals surface area contributed by atoms with Crippen LogP contribution < -0.4 is 5.73 Å². The highest BCUT2D eigenvalue weighted by atomic mass is 19.4. The van der Waals surface area contributed by atoms with Crippen molar-refractivity contribution in [2.75, 3.05) is 0 Å². The van der Waals surface area contributed by atoms with Crippen molar-refractivity contribution in [1.29, 1.82) is 0 Å². The molecule has 0 spiro atoms. The summed E-state index contributed by atoms with van der Waals surface area (Å²) in [5.74, 6) is 0. The summed E-state index contributed by atoms with van der Waals surface area (Å²) in [6.45, 7) is 1.76. The predicted molar refractivity (Wildman–Crippen MR) is 99.6 cm³/mol. The van der Waals surface area contributed by atoms with Crippen LogP contribution in [0.2, 0.25) is 0 Å². The van der Waals surface area contributed by atoms with E-state index in [-0.39, 0.29) is 16.7 Å². The lowest BCUT2D eigenvalue weighted by atomic mass is 9.66. The molecule has 2 aliphatic rings. The molecule has 0 amide bonds. The predicted octanol–water partition coefficient (Wildman–Crippen LogP) is 5.53. The second kappa shape index (κ2) is 6.76. The SMILES string of the molecule is CC1(N)C=CC=C([C@@](C2=CCCC=C2)(c2ccccc2)C(F)(F)F)C=C1. The average Bonchev–Trinajstić information content (AvgIpc) is 2.78. The Hall–Kier alpha value is -2.33. The summed E-state index contributed by atoms with van der Waals surface area (Å²) < 4.78 is 44.3. The Morgan fingerprint density at radius 3 is 2.31 bits per heavy atom. The molecule has 1 aromatic carbocycles. The first kappa shape index (κ1) is 18.5. The molecule has 0 aromatic heterocycles. The van der Waals surface area contributed by atoms with Crippen molar-refractivity contribution >= 4 is 0 Å². The Bertz CT molecular complexity index is 808. The van der Waals surface area contributed by atoms with Gasteiger partial charge in [0.1, 0.15) is 5.41 Å². The van der Waals surface area contributed by atoms with Gasteiger partial charge in [0.2, 0.25) is 0 Å². The van der Waals surface area contributed by atoms with Crippen molar-refractivity contribution in [1.82, 2.24) is 0 Å². The first-order valence-electron chi connectivity index (χ1n) is 8.65. The van der Waals surface area contributed by atoms with Gasteiger partial charge in [-0.15, -0.1) is 0 Å². The molecule has 2 atom stereocenters. The minimum Gasteiger partial charge on any atom is -0.319 e. The van der Waals surface area contributed by atoms with Crippen LogP contribution in [-0.2, 0) is 5.41 Å². The minimum atomic E-state index is -4.51. The molecule has 0 heterocycles. The molecular formula is C22H22F3N. The Labute approximate surface area is 152 Å². The van der Waals surface area contributed by atoms with E-state index in [0.717, 1.165) is 6.42 Å². The van der Waals surface area contributed by atoms with Gasteiger partial charge in [0.25, 0.3) is 0 Å². The second-order valence-electron chi connectivity index (χ2n) is 6.93. The maximum absolute atomic E-state index is 14.8. The summed E-state index contributed by atoms with van der Waals surface area (Å²) in [7, 11) is 0. The van der Waals surface area contributed by atoms with Gasteiger partial charge in [0.05, 0.1) is 5.54 Å². The fourth-order valence-corrected chi connectivity index (χ4v) is 3.56. The molecule has 1 aromatic rings. The van der Waals surface area contributed by atoms with Gasteiger partial charge in [-0.2, -0.15) is 13.2 Å². The first-order valence-corrected chi connectivity index (χ1v) is 8.65. The van der Waals surface area contributed by atoms with Gasteiger partial charge < -0.3 is 5.73 Å². The number of alkyl halides is 3. The molecule has 136 valence electrons. The van der Waals surface area contributed by atoms with Crippen LogP contribution in [0.15, 0.2) is 90.1 Å². The van der Waals surface area contributed by atoms with Crippen molar-refractivity contribution in [3.8, 4) is 0 Å². The highest BCUT2D eigenvalue weighted by Gasteiger charge is 2.59.